The molecule has 2 aromatic carbocycles. The summed E-state index contributed by atoms with van der Waals surface area (Å²) in [5, 5.41) is 2.91. The average Bonchev–Trinajstić information content (AvgIpc) is 2.61. The molecular formula is C19H22BrNO4. The van der Waals surface area contributed by atoms with Crippen LogP contribution < -0.4 is 19.5 Å². The van der Waals surface area contributed by atoms with Crippen molar-refractivity contribution >= 4 is 21.8 Å². The van der Waals surface area contributed by atoms with Crippen LogP contribution in [-0.2, 0) is 4.79 Å². The Morgan fingerprint density at radius 3 is 2.32 bits per heavy atom. The number of ether oxygens (including phenoxy) is 3. The number of hydrogen-bond donors (Lipinski definition) is 1. The van der Waals surface area contributed by atoms with Crippen LogP contribution in [0.2, 0.25) is 0 Å². The van der Waals surface area contributed by atoms with Crippen molar-refractivity contribution in [3.8, 4) is 17.2 Å². The number of amides is 1. The van der Waals surface area contributed by atoms with Gasteiger partial charge in [-0.2, -0.15) is 0 Å². The third-order valence-corrected chi connectivity index (χ3v) is 4.18. The summed E-state index contributed by atoms with van der Waals surface area (Å²) in [6.07, 6.45) is 0. The standard InChI is InChI=1S/C19H22BrNO4/c1-4-24-15-6-8-16(9-7-15)25-12-19(22)21-13(2)14-5-10-18(23-3)17(20)11-14/h5-11,13H,4,12H2,1-3H3,(H,21,22)/t13-/m0/s1. The minimum Gasteiger partial charge on any atom is -0.496 e. The molecule has 0 aliphatic rings. The first kappa shape index (κ1) is 19.1. The van der Waals surface area contributed by atoms with E-state index in [0.29, 0.717) is 12.4 Å². The lowest BCUT2D eigenvalue weighted by Crippen LogP contribution is -2.31. The van der Waals surface area contributed by atoms with Crippen LogP contribution in [0.3, 0.4) is 0 Å². The van der Waals surface area contributed by atoms with Gasteiger partial charge in [-0.15, -0.1) is 0 Å². The Bertz CT molecular complexity index is 703. The van der Waals surface area contributed by atoms with Gasteiger partial charge in [0.05, 0.1) is 24.2 Å². The van der Waals surface area contributed by atoms with Gasteiger partial charge in [0.2, 0.25) is 0 Å². The Balaban J connectivity index is 1.85. The molecule has 6 heteroatoms. The van der Waals surface area contributed by atoms with Crippen LogP contribution in [0.25, 0.3) is 0 Å². The highest BCUT2D eigenvalue weighted by Gasteiger charge is 2.12. The molecule has 5 nitrogen and oxygen atoms in total. The average molecular weight is 408 g/mol. The normalized spacial score (nSPS) is 11.5. The zero-order valence-corrected chi connectivity index (χ0v) is 16.1. The van der Waals surface area contributed by atoms with Crippen molar-refractivity contribution in [2.75, 3.05) is 20.3 Å². The molecule has 0 bridgehead atoms. The molecule has 0 saturated carbocycles. The number of rotatable bonds is 8. The van der Waals surface area contributed by atoms with Crippen molar-refractivity contribution in [2.45, 2.75) is 19.9 Å². The van der Waals surface area contributed by atoms with E-state index in [9.17, 15) is 4.79 Å². The molecule has 0 aliphatic carbocycles. The van der Waals surface area contributed by atoms with Gasteiger partial charge < -0.3 is 19.5 Å². The van der Waals surface area contributed by atoms with Crippen LogP contribution in [-0.4, -0.2) is 26.2 Å². The largest absolute Gasteiger partial charge is 0.496 e. The minimum absolute atomic E-state index is 0.0460. The van der Waals surface area contributed by atoms with Crippen LogP contribution >= 0.6 is 15.9 Å². The van der Waals surface area contributed by atoms with Gasteiger partial charge in [-0.05, 0) is 71.7 Å². The maximum Gasteiger partial charge on any atom is 0.258 e. The van der Waals surface area contributed by atoms with E-state index in [1.165, 1.54) is 0 Å². The predicted octanol–water partition coefficient (Wildman–Crippen LogP) is 4.11. The Morgan fingerprint density at radius 1 is 1.12 bits per heavy atom. The molecule has 0 aromatic heterocycles. The number of methoxy groups -OCH3 is 1. The zero-order valence-electron chi connectivity index (χ0n) is 14.5. The fourth-order valence-electron chi connectivity index (χ4n) is 2.27. The molecule has 1 atom stereocenters. The summed E-state index contributed by atoms with van der Waals surface area (Å²) in [6, 6.07) is 12.8. The monoisotopic (exact) mass is 407 g/mol. The molecule has 1 amide bonds. The Kier molecular flexibility index (Phi) is 7.13. The molecule has 2 aromatic rings. The van der Waals surface area contributed by atoms with Crippen molar-refractivity contribution in [3.05, 3.63) is 52.5 Å². The van der Waals surface area contributed by atoms with E-state index in [1.54, 1.807) is 19.2 Å². The molecule has 0 spiro atoms. The van der Waals surface area contributed by atoms with E-state index in [-0.39, 0.29) is 18.6 Å². The molecule has 134 valence electrons. The summed E-state index contributed by atoms with van der Waals surface area (Å²) in [6.45, 7) is 4.41. The summed E-state index contributed by atoms with van der Waals surface area (Å²) >= 11 is 3.45. The lowest BCUT2D eigenvalue weighted by molar-refractivity contribution is -0.123. The molecule has 1 N–H and O–H groups in total. The molecule has 2 rings (SSSR count). The van der Waals surface area contributed by atoms with E-state index < -0.39 is 0 Å². The second kappa shape index (κ2) is 9.32. The number of carbonyl (C=O) groups excluding carboxylic acids is 1. The van der Waals surface area contributed by atoms with Crippen molar-refractivity contribution < 1.29 is 19.0 Å². The van der Waals surface area contributed by atoms with Crippen LogP contribution in [0, 0.1) is 0 Å². The highest BCUT2D eigenvalue weighted by Crippen LogP contribution is 2.28. The van der Waals surface area contributed by atoms with Crippen molar-refractivity contribution in [1.82, 2.24) is 5.32 Å². The van der Waals surface area contributed by atoms with Gasteiger partial charge in [0.25, 0.3) is 5.91 Å². The minimum atomic E-state index is -0.187. The molecule has 0 radical (unpaired) electrons. The summed E-state index contributed by atoms with van der Waals surface area (Å²) in [5.74, 6) is 1.96. The van der Waals surface area contributed by atoms with Gasteiger partial charge >= 0.3 is 0 Å². The lowest BCUT2D eigenvalue weighted by Gasteiger charge is -2.16. The molecule has 0 heterocycles. The molecule has 0 fully saturated rings. The van der Waals surface area contributed by atoms with E-state index in [0.717, 1.165) is 21.5 Å². The number of carbonyl (C=O) groups is 1. The number of halogens is 1. The zero-order chi connectivity index (χ0) is 18.2. The van der Waals surface area contributed by atoms with E-state index in [4.69, 9.17) is 14.2 Å². The predicted molar refractivity (Wildman–Crippen MR) is 100 cm³/mol. The van der Waals surface area contributed by atoms with Gasteiger partial charge in [-0.1, -0.05) is 6.07 Å². The first-order chi connectivity index (χ1) is 12.0. The smallest absolute Gasteiger partial charge is 0.258 e. The number of hydrogen-bond acceptors (Lipinski definition) is 4. The molecule has 25 heavy (non-hydrogen) atoms. The van der Waals surface area contributed by atoms with Crippen molar-refractivity contribution in [1.29, 1.82) is 0 Å². The molecule has 0 saturated heterocycles. The SMILES string of the molecule is CCOc1ccc(OCC(=O)N[C@@H](C)c2ccc(OC)c(Br)c2)cc1. The van der Waals surface area contributed by atoms with Crippen LogP contribution in [0.5, 0.6) is 17.2 Å². The third-order valence-electron chi connectivity index (χ3n) is 3.56. The second-order valence-electron chi connectivity index (χ2n) is 5.38. The first-order valence-electron chi connectivity index (χ1n) is 8.02. The van der Waals surface area contributed by atoms with Gasteiger partial charge in [-0.25, -0.2) is 0 Å². The van der Waals surface area contributed by atoms with Gasteiger partial charge in [0.15, 0.2) is 6.61 Å². The second-order valence-corrected chi connectivity index (χ2v) is 6.23. The Hall–Kier alpha value is -2.21. The van der Waals surface area contributed by atoms with Gasteiger partial charge in [-0.3, -0.25) is 4.79 Å². The number of benzene rings is 2. The first-order valence-corrected chi connectivity index (χ1v) is 8.81. The van der Waals surface area contributed by atoms with Crippen LogP contribution in [0.1, 0.15) is 25.5 Å². The molecule has 0 unspecified atom stereocenters. The fourth-order valence-corrected chi connectivity index (χ4v) is 2.82. The lowest BCUT2D eigenvalue weighted by atomic mass is 10.1. The quantitative estimate of drug-likeness (QED) is 0.714. The van der Waals surface area contributed by atoms with Crippen molar-refractivity contribution in [2.24, 2.45) is 0 Å². The maximum atomic E-state index is 12.1. The van der Waals surface area contributed by atoms with Crippen LogP contribution in [0.15, 0.2) is 46.9 Å². The molecule has 0 aliphatic heterocycles. The topological polar surface area (TPSA) is 56.8 Å². The fraction of sp³-hybridized carbons (Fsp3) is 0.316. The van der Waals surface area contributed by atoms with Gasteiger partial charge in [0.1, 0.15) is 17.2 Å². The summed E-state index contributed by atoms with van der Waals surface area (Å²) < 4.78 is 16.9. The number of nitrogens with one attached hydrogen (secondary N) is 1. The molecular weight excluding hydrogens is 386 g/mol. The van der Waals surface area contributed by atoms with Crippen molar-refractivity contribution in [3.63, 3.8) is 0 Å². The Labute approximate surface area is 156 Å². The summed E-state index contributed by atoms with van der Waals surface area (Å²) in [7, 11) is 1.61. The van der Waals surface area contributed by atoms with Gasteiger partial charge in [0, 0.05) is 0 Å². The maximum absolute atomic E-state index is 12.1. The third kappa shape index (κ3) is 5.67. The van der Waals surface area contributed by atoms with E-state index in [1.807, 2.05) is 44.2 Å². The highest BCUT2D eigenvalue weighted by atomic mass is 79.9. The van der Waals surface area contributed by atoms with E-state index in [2.05, 4.69) is 21.2 Å². The summed E-state index contributed by atoms with van der Waals surface area (Å²) in [5.41, 5.74) is 0.974. The highest BCUT2D eigenvalue weighted by molar-refractivity contribution is 9.10. The van der Waals surface area contributed by atoms with Crippen LogP contribution in [0.4, 0.5) is 0 Å². The van der Waals surface area contributed by atoms with E-state index >= 15 is 0 Å². The Morgan fingerprint density at radius 2 is 1.76 bits per heavy atom. The summed E-state index contributed by atoms with van der Waals surface area (Å²) in [4.78, 5) is 12.1.